The standard InChI is InChI=1S/C19H27N5O3/c1-3-24-13-16(12-20-24)18(25)23-7-5-19(6-8-23)11-15(4-9-26-19)10-17-21-14(2)27-22-17/h12-13,15H,3-11H2,1-2H3. The van der Waals surface area contributed by atoms with Gasteiger partial charge >= 0.3 is 0 Å². The Morgan fingerprint density at radius 1 is 1.37 bits per heavy atom. The molecule has 2 aliphatic rings. The third kappa shape index (κ3) is 3.90. The van der Waals surface area contributed by atoms with Crippen molar-refractivity contribution in [2.24, 2.45) is 5.92 Å². The third-order valence-corrected chi connectivity index (χ3v) is 5.80. The molecule has 8 nitrogen and oxygen atoms in total. The van der Waals surface area contributed by atoms with Crippen LogP contribution in [-0.2, 0) is 17.7 Å². The van der Waals surface area contributed by atoms with Crippen molar-refractivity contribution in [2.45, 2.75) is 58.1 Å². The Bertz CT molecular complexity index is 791. The number of ether oxygens (including phenoxy) is 1. The van der Waals surface area contributed by atoms with E-state index >= 15 is 0 Å². The molecular formula is C19H27N5O3. The van der Waals surface area contributed by atoms with E-state index in [0.717, 1.165) is 64.2 Å². The van der Waals surface area contributed by atoms with Gasteiger partial charge in [0.2, 0.25) is 5.89 Å². The summed E-state index contributed by atoms with van der Waals surface area (Å²) in [4.78, 5) is 19.0. The van der Waals surface area contributed by atoms with Gasteiger partial charge in [-0.1, -0.05) is 5.16 Å². The highest BCUT2D eigenvalue weighted by atomic mass is 16.5. The predicted octanol–water partition coefficient (Wildman–Crippen LogP) is 2.24. The Kier molecular flexibility index (Phi) is 4.99. The van der Waals surface area contributed by atoms with Crippen molar-refractivity contribution < 1.29 is 14.1 Å². The second kappa shape index (κ2) is 7.42. The van der Waals surface area contributed by atoms with Crippen molar-refractivity contribution >= 4 is 5.91 Å². The number of hydrogen-bond acceptors (Lipinski definition) is 6. The Labute approximate surface area is 158 Å². The maximum atomic E-state index is 12.7. The van der Waals surface area contributed by atoms with Gasteiger partial charge in [-0.3, -0.25) is 9.48 Å². The summed E-state index contributed by atoms with van der Waals surface area (Å²) in [7, 11) is 0. The highest BCUT2D eigenvalue weighted by Crippen LogP contribution is 2.38. The molecule has 2 fully saturated rings. The molecule has 8 heteroatoms. The number of piperidine rings is 1. The maximum Gasteiger partial charge on any atom is 0.257 e. The molecule has 0 aromatic carbocycles. The normalized spacial score (nSPS) is 22.3. The lowest BCUT2D eigenvalue weighted by Gasteiger charge is -2.46. The molecule has 4 heterocycles. The van der Waals surface area contributed by atoms with Crippen LogP contribution in [0.15, 0.2) is 16.9 Å². The van der Waals surface area contributed by atoms with E-state index in [1.807, 2.05) is 24.9 Å². The van der Waals surface area contributed by atoms with Crippen LogP contribution in [0.1, 0.15) is 54.7 Å². The number of carbonyl (C=O) groups is 1. The fourth-order valence-corrected chi connectivity index (χ4v) is 4.28. The minimum Gasteiger partial charge on any atom is -0.375 e. The summed E-state index contributed by atoms with van der Waals surface area (Å²) in [5, 5.41) is 8.24. The molecule has 2 aromatic rings. The van der Waals surface area contributed by atoms with Crippen molar-refractivity contribution in [1.29, 1.82) is 0 Å². The lowest BCUT2D eigenvalue weighted by Crippen LogP contribution is -2.51. The number of carbonyl (C=O) groups excluding carboxylic acids is 1. The van der Waals surface area contributed by atoms with Crippen molar-refractivity contribution in [1.82, 2.24) is 24.8 Å². The average Bonchev–Trinajstić information content (AvgIpc) is 3.31. The Morgan fingerprint density at radius 3 is 2.85 bits per heavy atom. The summed E-state index contributed by atoms with van der Waals surface area (Å²) in [5.41, 5.74) is 0.550. The molecule has 0 N–H and O–H groups in total. The van der Waals surface area contributed by atoms with Crippen LogP contribution in [0.4, 0.5) is 0 Å². The SMILES string of the molecule is CCn1cc(C(=O)N2CCC3(CC2)CC(Cc2noc(C)n2)CCO3)cn1. The molecule has 1 spiro atoms. The topological polar surface area (TPSA) is 86.3 Å². The van der Waals surface area contributed by atoms with E-state index in [2.05, 4.69) is 15.2 Å². The number of aryl methyl sites for hydroxylation is 2. The molecule has 4 rings (SSSR count). The zero-order chi connectivity index (χ0) is 18.9. The van der Waals surface area contributed by atoms with Crippen molar-refractivity contribution in [3.63, 3.8) is 0 Å². The maximum absolute atomic E-state index is 12.7. The van der Waals surface area contributed by atoms with E-state index in [-0.39, 0.29) is 11.5 Å². The van der Waals surface area contributed by atoms with Crippen LogP contribution in [0, 0.1) is 12.8 Å². The summed E-state index contributed by atoms with van der Waals surface area (Å²) < 4.78 is 13.1. The van der Waals surface area contributed by atoms with Gasteiger partial charge in [0.1, 0.15) is 0 Å². The van der Waals surface area contributed by atoms with Gasteiger partial charge in [0.05, 0.1) is 17.4 Å². The van der Waals surface area contributed by atoms with Gasteiger partial charge in [0.15, 0.2) is 5.82 Å². The number of hydrogen-bond donors (Lipinski definition) is 0. The van der Waals surface area contributed by atoms with Crippen LogP contribution in [0.3, 0.4) is 0 Å². The Hall–Kier alpha value is -2.22. The van der Waals surface area contributed by atoms with Gasteiger partial charge in [-0.25, -0.2) is 0 Å². The first-order valence-corrected chi connectivity index (χ1v) is 9.82. The van der Waals surface area contributed by atoms with E-state index in [4.69, 9.17) is 9.26 Å². The second-order valence-corrected chi connectivity index (χ2v) is 7.70. The molecule has 2 aromatic heterocycles. The molecule has 0 bridgehead atoms. The number of nitrogens with zero attached hydrogens (tertiary/aromatic N) is 5. The zero-order valence-electron chi connectivity index (χ0n) is 16.1. The summed E-state index contributed by atoms with van der Waals surface area (Å²) in [6.45, 7) is 6.82. The van der Waals surface area contributed by atoms with Crippen molar-refractivity contribution in [2.75, 3.05) is 19.7 Å². The van der Waals surface area contributed by atoms with Gasteiger partial charge in [-0.15, -0.1) is 0 Å². The van der Waals surface area contributed by atoms with Crippen LogP contribution in [0.5, 0.6) is 0 Å². The van der Waals surface area contributed by atoms with Gasteiger partial charge in [-0.2, -0.15) is 10.1 Å². The van der Waals surface area contributed by atoms with Crippen LogP contribution in [0.25, 0.3) is 0 Å². The van der Waals surface area contributed by atoms with Crippen molar-refractivity contribution in [3.05, 3.63) is 29.7 Å². The van der Waals surface area contributed by atoms with Crippen molar-refractivity contribution in [3.8, 4) is 0 Å². The Balaban J connectivity index is 1.35. The highest BCUT2D eigenvalue weighted by molar-refractivity contribution is 5.93. The first-order valence-electron chi connectivity index (χ1n) is 9.82. The number of rotatable bonds is 4. The lowest BCUT2D eigenvalue weighted by molar-refractivity contribution is -0.123. The number of amides is 1. The molecule has 27 heavy (non-hydrogen) atoms. The molecule has 2 saturated heterocycles. The average molecular weight is 373 g/mol. The van der Waals surface area contributed by atoms with Crippen LogP contribution in [0.2, 0.25) is 0 Å². The summed E-state index contributed by atoms with van der Waals surface area (Å²) in [6, 6.07) is 0. The highest BCUT2D eigenvalue weighted by Gasteiger charge is 2.41. The molecular weight excluding hydrogens is 346 g/mol. The predicted molar refractivity (Wildman–Crippen MR) is 97.2 cm³/mol. The molecule has 2 aliphatic heterocycles. The molecule has 1 amide bonds. The Morgan fingerprint density at radius 2 is 2.19 bits per heavy atom. The lowest BCUT2D eigenvalue weighted by atomic mass is 9.78. The summed E-state index contributed by atoms with van der Waals surface area (Å²) in [6.07, 6.45) is 8.10. The molecule has 146 valence electrons. The van der Waals surface area contributed by atoms with Gasteiger partial charge < -0.3 is 14.2 Å². The van der Waals surface area contributed by atoms with Gasteiger partial charge in [0, 0.05) is 45.8 Å². The number of aromatic nitrogens is 4. The zero-order valence-corrected chi connectivity index (χ0v) is 16.1. The molecule has 0 aliphatic carbocycles. The second-order valence-electron chi connectivity index (χ2n) is 7.70. The monoisotopic (exact) mass is 373 g/mol. The third-order valence-electron chi connectivity index (χ3n) is 5.80. The van der Waals surface area contributed by atoms with Gasteiger partial charge in [0.25, 0.3) is 5.91 Å². The fourth-order valence-electron chi connectivity index (χ4n) is 4.28. The van der Waals surface area contributed by atoms with Gasteiger partial charge in [-0.05, 0) is 38.5 Å². The number of likely N-dealkylation sites (tertiary alicyclic amines) is 1. The van der Waals surface area contributed by atoms with Crippen LogP contribution in [-0.4, -0.2) is 56.0 Å². The van der Waals surface area contributed by atoms with E-state index < -0.39 is 0 Å². The van der Waals surface area contributed by atoms with Crippen LogP contribution >= 0.6 is 0 Å². The molecule has 0 radical (unpaired) electrons. The van der Waals surface area contributed by atoms with E-state index in [1.165, 1.54) is 0 Å². The summed E-state index contributed by atoms with van der Waals surface area (Å²) in [5.74, 6) is 1.97. The van der Waals surface area contributed by atoms with Crippen LogP contribution < -0.4 is 0 Å². The minimum atomic E-state index is -0.119. The largest absolute Gasteiger partial charge is 0.375 e. The van der Waals surface area contributed by atoms with E-state index in [1.54, 1.807) is 10.9 Å². The first-order chi connectivity index (χ1) is 13.1. The summed E-state index contributed by atoms with van der Waals surface area (Å²) >= 11 is 0. The van der Waals surface area contributed by atoms with E-state index in [0.29, 0.717) is 17.4 Å². The fraction of sp³-hybridized carbons (Fsp3) is 0.684. The smallest absolute Gasteiger partial charge is 0.257 e. The molecule has 0 saturated carbocycles. The minimum absolute atomic E-state index is 0.0687. The van der Waals surface area contributed by atoms with E-state index in [9.17, 15) is 4.79 Å². The first kappa shape index (κ1) is 18.2. The molecule has 1 atom stereocenters. The molecule has 1 unspecified atom stereocenters. The quantitative estimate of drug-likeness (QED) is 0.817.